The Morgan fingerprint density at radius 2 is 1.75 bits per heavy atom. The van der Waals surface area contributed by atoms with Gasteiger partial charge in [0.25, 0.3) is 0 Å². The lowest BCUT2D eigenvalue weighted by Crippen LogP contribution is -2.23. The Kier molecular flexibility index (Phi) is 4.95. The summed E-state index contributed by atoms with van der Waals surface area (Å²) in [5, 5.41) is 12.9. The standard InChI is InChI=1S/C15H24N2O3/c1-19-14-7-12(16)13(8-15(14)20-2)17-9-10-3-5-11(18)6-4-10/h7-8,10-11,17-18H,3-6,9,16H2,1-2H3. The number of hydrogen-bond donors (Lipinski definition) is 3. The van der Waals surface area contributed by atoms with Gasteiger partial charge in [-0.2, -0.15) is 0 Å². The minimum absolute atomic E-state index is 0.114. The van der Waals surface area contributed by atoms with Crippen LogP contribution in [-0.2, 0) is 0 Å². The average Bonchev–Trinajstić information content (AvgIpc) is 2.47. The van der Waals surface area contributed by atoms with Crippen LogP contribution in [0.2, 0.25) is 0 Å². The van der Waals surface area contributed by atoms with E-state index < -0.39 is 0 Å². The zero-order valence-corrected chi connectivity index (χ0v) is 12.2. The Balaban J connectivity index is 1.98. The van der Waals surface area contributed by atoms with Crippen molar-refractivity contribution in [1.29, 1.82) is 0 Å². The third kappa shape index (κ3) is 3.48. The molecule has 1 saturated carbocycles. The summed E-state index contributed by atoms with van der Waals surface area (Å²) in [6.07, 6.45) is 3.79. The lowest BCUT2D eigenvalue weighted by Gasteiger charge is -2.26. The van der Waals surface area contributed by atoms with E-state index in [1.54, 1.807) is 20.3 Å². The maximum atomic E-state index is 9.51. The van der Waals surface area contributed by atoms with Crippen LogP contribution < -0.4 is 20.5 Å². The molecule has 112 valence electrons. The monoisotopic (exact) mass is 280 g/mol. The van der Waals surface area contributed by atoms with Gasteiger partial charge in [0.1, 0.15) is 0 Å². The molecule has 1 aromatic rings. The lowest BCUT2D eigenvalue weighted by molar-refractivity contribution is 0.111. The molecule has 5 nitrogen and oxygen atoms in total. The molecule has 1 aliphatic carbocycles. The molecule has 0 atom stereocenters. The summed E-state index contributed by atoms with van der Waals surface area (Å²) < 4.78 is 10.5. The number of anilines is 2. The molecule has 0 saturated heterocycles. The SMILES string of the molecule is COc1cc(N)c(NCC2CCC(O)CC2)cc1OC. The average molecular weight is 280 g/mol. The highest BCUT2D eigenvalue weighted by Gasteiger charge is 2.19. The Labute approximate surface area is 120 Å². The Bertz CT molecular complexity index is 443. The van der Waals surface area contributed by atoms with E-state index in [0.29, 0.717) is 23.1 Å². The number of benzene rings is 1. The predicted octanol–water partition coefficient (Wildman–Crippen LogP) is 2.25. The van der Waals surface area contributed by atoms with Crippen molar-refractivity contribution in [2.24, 2.45) is 5.92 Å². The number of aliphatic hydroxyl groups excluding tert-OH is 1. The molecule has 20 heavy (non-hydrogen) atoms. The fourth-order valence-corrected chi connectivity index (χ4v) is 2.65. The van der Waals surface area contributed by atoms with E-state index in [-0.39, 0.29) is 6.10 Å². The van der Waals surface area contributed by atoms with E-state index in [9.17, 15) is 5.11 Å². The van der Waals surface area contributed by atoms with Crippen LogP contribution in [-0.4, -0.2) is 32.0 Å². The van der Waals surface area contributed by atoms with Crippen molar-refractivity contribution in [3.05, 3.63) is 12.1 Å². The summed E-state index contributed by atoms with van der Waals surface area (Å²) >= 11 is 0. The van der Waals surface area contributed by atoms with Crippen molar-refractivity contribution < 1.29 is 14.6 Å². The summed E-state index contributed by atoms with van der Waals surface area (Å²) in [5.74, 6) is 1.89. The molecule has 2 rings (SSSR count). The van der Waals surface area contributed by atoms with Crippen molar-refractivity contribution in [2.45, 2.75) is 31.8 Å². The predicted molar refractivity (Wildman–Crippen MR) is 80.4 cm³/mol. The minimum Gasteiger partial charge on any atom is -0.493 e. The highest BCUT2D eigenvalue weighted by atomic mass is 16.5. The number of aliphatic hydroxyl groups is 1. The highest BCUT2D eigenvalue weighted by Crippen LogP contribution is 2.35. The molecule has 0 unspecified atom stereocenters. The third-order valence-electron chi connectivity index (χ3n) is 3.95. The van der Waals surface area contributed by atoms with Crippen LogP contribution in [0.25, 0.3) is 0 Å². The Morgan fingerprint density at radius 3 is 2.35 bits per heavy atom. The van der Waals surface area contributed by atoms with E-state index >= 15 is 0 Å². The van der Waals surface area contributed by atoms with Gasteiger partial charge in [0.15, 0.2) is 11.5 Å². The molecular weight excluding hydrogens is 256 g/mol. The van der Waals surface area contributed by atoms with Gasteiger partial charge in [-0.25, -0.2) is 0 Å². The second-order valence-electron chi connectivity index (χ2n) is 5.35. The number of nitrogens with one attached hydrogen (secondary N) is 1. The normalized spacial score (nSPS) is 22.4. The molecular formula is C15H24N2O3. The van der Waals surface area contributed by atoms with Crippen molar-refractivity contribution in [3.8, 4) is 11.5 Å². The minimum atomic E-state index is -0.114. The van der Waals surface area contributed by atoms with Gasteiger partial charge in [0.2, 0.25) is 0 Å². The summed E-state index contributed by atoms with van der Waals surface area (Å²) in [5.41, 5.74) is 7.54. The molecule has 0 heterocycles. The van der Waals surface area contributed by atoms with Crippen molar-refractivity contribution in [1.82, 2.24) is 0 Å². The molecule has 0 radical (unpaired) electrons. The second-order valence-corrected chi connectivity index (χ2v) is 5.35. The second kappa shape index (κ2) is 6.70. The molecule has 0 amide bonds. The van der Waals surface area contributed by atoms with Gasteiger partial charge in [-0.15, -0.1) is 0 Å². The van der Waals surface area contributed by atoms with Crippen molar-refractivity contribution in [2.75, 3.05) is 31.8 Å². The van der Waals surface area contributed by atoms with Gasteiger partial charge in [0.05, 0.1) is 31.7 Å². The molecule has 0 aliphatic heterocycles. The zero-order valence-electron chi connectivity index (χ0n) is 12.2. The number of nitrogen functional groups attached to an aromatic ring is 1. The number of ether oxygens (including phenoxy) is 2. The van der Waals surface area contributed by atoms with E-state index in [1.165, 1.54) is 0 Å². The third-order valence-corrected chi connectivity index (χ3v) is 3.95. The van der Waals surface area contributed by atoms with Crippen LogP contribution in [0.4, 0.5) is 11.4 Å². The Hall–Kier alpha value is -1.62. The largest absolute Gasteiger partial charge is 0.493 e. The molecule has 0 aromatic heterocycles. The van der Waals surface area contributed by atoms with Gasteiger partial charge >= 0.3 is 0 Å². The quantitative estimate of drug-likeness (QED) is 0.721. The molecule has 1 fully saturated rings. The van der Waals surface area contributed by atoms with Gasteiger partial charge in [0, 0.05) is 18.7 Å². The molecule has 1 aliphatic rings. The first-order valence-electron chi connectivity index (χ1n) is 7.07. The van der Waals surface area contributed by atoms with E-state index in [0.717, 1.165) is 37.9 Å². The summed E-state index contributed by atoms with van der Waals surface area (Å²) in [6, 6.07) is 3.64. The van der Waals surface area contributed by atoms with E-state index in [2.05, 4.69) is 5.32 Å². The first kappa shape index (κ1) is 14.8. The number of rotatable bonds is 5. The van der Waals surface area contributed by atoms with Crippen LogP contribution in [0.1, 0.15) is 25.7 Å². The van der Waals surface area contributed by atoms with Crippen LogP contribution in [0, 0.1) is 5.92 Å². The summed E-state index contributed by atoms with van der Waals surface area (Å²) in [6.45, 7) is 0.867. The molecule has 1 aromatic carbocycles. The summed E-state index contributed by atoms with van der Waals surface area (Å²) in [7, 11) is 3.21. The highest BCUT2D eigenvalue weighted by molar-refractivity contribution is 5.72. The number of hydrogen-bond acceptors (Lipinski definition) is 5. The van der Waals surface area contributed by atoms with Gasteiger partial charge < -0.3 is 25.6 Å². The fourth-order valence-electron chi connectivity index (χ4n) is 2.65. The van der Waals surface area contributed by atoms with Crippen LogP contribution in [0.15, 0.2) is 12.1 Å². The molecule has 0 bridgehead atoms. The van der Waals surface area contributed by atoms with Crippen molar-refractivity contribution >= 4 is 11.4 Å². The topological polar surface area (TPSA) is 76.7 Å². The Morgan fingerprint density at radius 1 is 1.15 bits per heavy atom. The number of nitrogens with two attached hydrogens (primary N) is 1. The molecule has 0 spiro atoms. The number of methoxy groups -OCH3 is 2. The van der Waals surface area contributed by atoms with E-state index in [1.807, 2.05) is 6.07 Å². The van der Waals surface area contributed by atoms with Crippen LogP contribution >= 0.6 is 0 Å². The van der Waals surface area contributed by atoms with Crippen molar-refractivity contribution in [3.63, 3.8) is 0 Å². The first-order chi connectivity index (χ1) is 9.63. The molecule has 4 N–H and O–H groups in total. The van der Waals surface area contributed by atoms with Gasteiger partial charge in [-0.3, -0.25) is 0 Å². The van der Waals surface area contributed by atoms with Gasteiger partial charge in [-0.1, -0.05) is 0 Å². The maximum absolute atomic E-state index is 9.51. The fraction of sp³-hybridized carbons (Fsp3) is 0.600. The molecule has 5 heteroatoms. The zero-order chi connectivity index (χ0) is 14.5. The van der Waals surface area contributed by atoms with E-state index in [4.69, 9.17) is 15.2 Å². The van der Waals surface area contributed by atoms with Gasteiger partial charge in [-0.05, 0) is 31.6 Å². The lowest BCUT2D eigenvalue weighted by atomic mass is 9.87. The van der Waals surface area contributed by atoms with Crippen LogP contribution in [0.3, 0.4) is 0 Å². The summed E-state index contributed by atoms with van der Waals surface area (Å²) in [4.78, 5) is 0. The first-order valence-corrected chi connectivity index (χ1v) is 7.07. The smallest absolute Gasteiger partial charge is 0.162 e. The van der Waals surface area contributed by atoms with Crippen LogP contribution in [0.5, 0.6) is 11.5 Å². The maximum Gasteiger partial charge on any atom is 0.162 e.